The Hall–Kier alpha value is -2.37. The van der Waals surface area contributed by atoms with Gasteiger partial charge < -0.3 is 9.09 Å². The molecule has 3 heterocycles. The molecule has 0 atom stereocenters. The van der Waals surface area contributed by atoms with Gasteiger partial charge >= 0.3 is 0 Å². The molecule has 22 heavy (non-hydrogen) atoms. The van der Waals surface area contributed by atoms with Crippen LogP contribution in [0.15, 0.2) is 41.4 Å². The normalized spacial score (nSPS) is 16.2. The summed E-state index contributed by atoms with van der Waals surface area (Å²) in [6.07, 6.45) is 14.0. The molecular weight excluding hydrogens is 278 g/mol. The SMILES string of the molecule is c1ccn(-c2cnn(Cc3noc(C4CCCCC4)n3)c2)c1. The van der Waals surface area contributed by atoms with Crippen molar-refractivity contribution in [3.8, 4) is 5.69 Å². The molecule has 6 heteroatoms. The van der Waals surface area contributed by atoms with Crippen LogP contribution in [0.3, 0.4) is 0 Å². The Labute approximate surface area is 128 Å². The van der Waals surface area contributed by atoms with Crippen LogP contribution in [0.2, 0.25) is 0 Å². The predicted molar refractivity (Wildman–Crippen MR) is 80.8 cm³/mol. The lowest BCUT2D eigenvalue weighted by molar-refractivity contribution is 0.311. The van der Waals surface area contributed by atoms with Crippen molar-refractivity contribution in [3.05, 3.63) is 48.6 Å². The van der Waals surface area contributed by atoms with Crippen LogP contribution < -0.4 is 0 Å². The van der Waals surface area contributed by atoms with E-state index in [4.69, 9.17) is 4.52 Å². The molecular formula is C16H19N5O. The van der Waals surface area contributed by atoms with Crippen molar-refractivity contribution in [2.75, 3.05) is 0 Å². The topological polar surface area (TPSA) is 61.7 Å². The summed E-state index contributed by atoms with van der Waals surface area (Å²) in [5, 5.41) is 8.47. The van der Waals surface area contributed by atoms with E-state index in [1.165, 1.54) is 32.1 Å². The van der Waals surface area contributed by atoms with Crippen LogP contribution in [0.5, 0.6) is 0 Å². The largest absolute Gasteiger partial charge is 0.339 e. The maximum absolute atomic E-state index is 5.45. The van der Waals surface area contributed by atoms with Crippen molar-refractivity contribution in [2.24, 2.45) is 0 Å². The van der Waals surface area contributed by atoms with Crippen molar-refractivity contribution in [3.63, 3.8) is 0 Å². The molecule has 3 aromatic heterocycles. The first-order chi connectivity index (χ1) is 10.9. The van der Waals surface area contributed by atoms with Gasteiger partial charge in [0.15, 0.2) is 5.82 Å². The number of rotatable bonds is 4. The molecule has 0 amide bonds. The summed E-state index contributed by atoms with van der Waals surface area (Å²) in [6, 6.07) is 3.99. The fraction of sp³-hybridized carbons (Fsp3) is 0.438. The average molecular weight is 297 g/mol. The van der Waals surface area contributed by atoms with Crippen LogP contribution in [0, 0.1) is 0 Å². The van der Waals surface area contributed by atoms with E-state index in [0.717, 1.165) is 11.6 Å². The molecule has 6 nitrogen and oxygen atoms in total. The van der Waals surface area contributed by atoms with E-state index < -0.39 is 0 Å². The average Bonchev–Trinajstić information content (AvgIpc) is 3.30. The highest BCUT2D eigenvalue weighted by molar-refractivity contribution is 5.26. The van der Waals surface area contributed by atoms with Gasteiger partial charge in [-0.2, -0.15) is 10.1 Å². The van der Waals surface area contributed by atoms with Crippen molar-refractivity contribution < 1.29 is 4.52 Å². The van der Waals surface area contributed by atoms with Gasteiger partial charge in [0, 0.05) is 24.5 Å². The first kappa shape index (κ1) is 13.3. The molecule has 0 spiro atoms. The van der Waals surface area contributed by atoms with Gasteiger partial charge in [-0.15, -0.1) is 0 Å². The van der Waals surface area contributed by atoms with Crippen molar-refractivity contribution in [1.82, 2.24) is 24.5 Å². The molecule has 1 aliphatic carbocycles. The van der Waals surface area contributed by atoms with E-state index in [2.05, 4.69) is 15.2 Å². The molecule has 114 valence electrons. The summed E-state index contributed by atoms with van der Waals surface area (Å²) in [6.45, 7) is 0.539. The van der Waals surface area contributed by atoms with E-state index >= 15 is 0 Å². The maximum Gasteiger partial charge on any atom is 0.229 e. The molecule has 0 N–H and O–H groups in total. The molecule has 1 fully saturated rings. The third-order valence-corrected chi connectivity index (χ3v) is 4.26. The first-order valence-corrected chi connectivity index (χ1v) is 7.87. The molecule has 0 unspecified atom stereocenters. The molecule has 0 bridgehead atoms. The molecule has 4 rings (SSSR count). The summed E-state index contributed by atoms with van der Waals surface area (Å²) in [4.78, 5) is 4.56. The predicted octanol–water partition coefficient (Wildman–Crippen LogP) is 3.15. The first-order valence-electron chi connectivity index (χ1n) is 7.87. The second-order valence-electron chi connectivity index (χ2n) is 5.87. The number of hydrogen-bond donors (Lipinski definition) is 0. The van der Waals surface area contributed by atoms with Gasteiger partial charge in [0.1, 0.15) is 6.54 Å². The Morgan fingerprint density at radius 1 is 1.14 bits per heavy atom. The number of aromatic nitrogens is 5. The smallest absolute Gasteiger partial charge is 0.229 e. The maximum atomic E-state index is 5.45. The Balaban J connectivity index is 1.46. The Morgan fingerprint density at radius 3 is 2.77 bits per heavy atom. The number of nitrogens with zero attached hydrogens (tertiary/aromatic N) is 5. The summed E-state index contributed by atoms with van der Waals surface area (Å²) in [5.41, 5.74) is 1.03. The minimum Gasteiger partial charge on any atom is -0.339 e. The second-order valence-corrected chi connectivity index (χ2v) is 5.87. The minimum atomic E-state index is 0.447. The van der Waals surface area contributed by atoms with Gasteiger partial charge in [0.05, 0.1) is 11.9 Å². The molecule has 0 aromatic carbocycles. The van der Waals surface area contributed by atoms with Crippen LogP contribution >= 0.6 is 0 Å². The molecule has 0 radical (unpaired) electrons. The van der Waals surface area contributed by atoms with Crippen LogP contribution in [-0.2, 0) is 6.54 Å². The van der Waals surface area contributed by atoms with E-state index in [-0.39, 0.29) is 0 Å². The van der Waals surface area contributed by atoms with Gasteiger partial charge in [-0.3, -0.25) is 4.68 Å². The van der Waals surface area contributed by atoms with Crippen molar-refractivity contribution in [1.29, 1.82) is 0 Å². The Kier molecular flexibility index (Phi) is 3.50. The van der Waals surface area contributed by atoms with Crippen LogP contribution in [-0.4, -0.2) is 24.5 Å². The zero-order valence-electron chi connectivity index (χ0n) is 12.4. The van der Waals surface area contributed by atoms with E-state index in [1.807, 2.05) is 46.2 Å². The molecule has 0 saturated heterocycles. The van der Waals surface area contributed by atoms with Crippen LogP contribution in [0.1, 0.15) is 49.7 Å². The van der Waals surface area contributed by atoms with Gasteiger partial charge in [0.25, 0.3) is 0 Å². The minimum absolute atomic E-state index is 0.447. The zero-order valence-corrected chi connectivity index (χ0v) is 12.4. The zero-order chi connectivity index (χ0) is 14.8. The number of hydrogen-bond acceptors (Lipinski definition) is 4. The summed E-state index contributed by atoms with van der Waals surface area (Å²) in [7, 11) is 0. The van der Waals surface area contributed by atoms with E-state index in [9.17, 15) is 0 Å². The molecule has 1 saturated carbocycles. The highest BCUT2D eigenvalue weighted by Crippen LogP contribution is 2.31. The lowest BCUT2D eigenvalue weighted by atomic mass is 9.89. The molecule has 3 aromatic rings. The van der Waals surface area contributed by atoms with Gasteiger partial charge in [0.2, 0.25) is 5.89 Å². The Morgan fingerprint density at radius 2 is 1.95 bits per heavy atom. The van der Waals surface area contributed by atoms with Gasteiger partial charge in [-0.1, -0.05) is 24.4 Å². The highest BCUT2D eigenvalue weighted by Gasteiger charge is 2.21. The third-order valence-electron chi connectivity index (χ3n) is 4.26. The fourth-order valence-electron chi connectivity index (χ4n) is 3.07. The Bertz CT molecular complexity index is 721. The lowest BCUT2D eigenvalue weighted by Crippen LogP contribution is -2.06. The third kappa shape index (κ3) is 2.68. The standard InChI is InChI=1S/C16H19N5O/c1-2-6-13(7-3-1)16-18-15(19-22-16)12-21-11-14(10-17-21)20-8-4-5-9-20/h4-5,8-11,13H,1-3,6-7,12H2. The lowest BCUT2D eigenvalue weighted by Gasteiger charge is -2.17. The highest BCUT2D eigenvalue weighted by atomic mass is 16.5. The second kappa shape index (κ2) is 5.79. The van der Waals surface area contributed by atoms with Gasteiger partial charge in [-0.25, -0.2) is 0 Å². The summed E-state index contributed by atoms with van der Waals surface area (Å²) >= 11 is 0. The van der Waals surface area contributed by atoms with Crippen LogP contribution in [0.25, 0.3) is 5.69 Å². The molecule has 1 aliphatic rings. The fourth-order valence-corrected chi connectivity index (χ4v) is 3.07. The summed E-state index contributed by atoms with van der Waals surface area (Å²) in [5.74, 6) is 1.94. The quantitative estimate of drug-likeness (QED) is 0.742. The molecule has 0 aliphatic heterocycles. The van der Waals surface area contributed by atoms with Gasteiger partial charge in [-0.05, 0) is 25.0 Å². The van der Waals surface area contributed by atoms with Crippen LogP contribution in [0.4, 0.5) is 0 Å². The van der Waals surface area contributed by atoms with E-state index in [1.54, 1.807) is 0 Å². The summed E-state index contributed by atoms with van der Waals surface area (Å²) < 4.78 is 9.31. The monoisotopic (exact) mass is 297 g/mol. The van der Waals surface area contributed by atoms with E-state index in [0.29, 0.717) is 18.3 Å². The van der Waals surface area contributed by atoms with Crippen molar-refractivity contribution in [2.45, 2.75) is 44.6 Å². The van der Waals surface area contributed by atoms with Crippen molar-refractivity contribution >= 4 is 0 Å².